The second kappa shape index (κ2) is 6.55. The molecule has 0 amide bonds. The van der Waals surface area contributed by atoms with Gasteiger partial charge in [0.1, 0.15) is 0 Å². The molecular weight excluding hydrogens is 180 g/mol. The highest BCUT2D eigenvalue weighted by atomic mass is 14.3. The van der Waals surface area contributed by atoms with Gasteiger partial charge < -0.3 is 0 Å². The van der Waals surface area contributed by atoms with Crippen molar-refractivity contribution in [1.29, 1.82) is 0 Å². The third-order valence-corrected chi connectivity index (χ3v) is 4.97. The van der Waals surface area contributed by atoms with Crippen molar-refractivity contribution in [2.24, 2.45) is 10.8 Å². The second-order valence-electron chi connectivity index (χ2n) is 5.89. The van der Waals surface area contributed by atoms with Crippen molar-refractivity contribution in [3.8, 4) is 0 Å². The third kappa shape index (κ3) is 5.04. The fraction of sp³-hybridized carbons (Fsp3) is 1.00. The summed E-state index contributed by atoms with van der Waals surface area (Å²) in [6.07, 6.45) is 9.56. The van der Waals surface area contributed by atoms with E-state index in [-0.39, 0.29) is 0 Å². The molecule has 15 heavy (non-hydrogen) atoms. The van der Waals surface area contributed by atoms with Gasteiger partial charge in [-0.1, -0.05) is 73.6 Å². The van der Waals surface area contributed by atoms with Crippen molar-refractivity contribution < 1.29 is 0 Å². The standard InChI is InChI=1S/C15H32/c1-7-14(5,8-2)12-11-13-15(6,9-3)10-4/h7-13H2,1-6H3. The molecule has 0 atom stereocenters. The highest BCUT2D eigenvalue weighted by molar-refractivity contribution is 4.75. The SMILES string of the molecule is CCC(C)(CC)CCCC(C)(CC)CC. The summed E-state index contributed by atoms with van der Waals surface area (Å²) >= 11 is 0. The Balaban J connectivity index is 3.96. The van der Waals surface area contributed by atoms with Gasteiger partial charge in [-0.15, -0.1) is 0 Å². The van der Waals surface area contributed by atoms with Crippen LogP contribution in [0.5, 0.6) is 0 Å². The third-order valence-electron chi connectivity index (χ3n) is 4.97. The van der Waals surface area contributed by atoms with E-state index in [9.17, 15) is 0 Å². The highest BCUT2D eigenvalue weighted by Gasteiger charge is 2.23. The normalized spacial score (nSPS) is 13.2. The molecule has 0 aliphatic carbocycles. The molecule has 0 saturated heterocycles. The van der Waals surface area contributed by atoms with Crippen LogP contribution < -0.4 is 0 Å². The molecule has 0 heterocycles. The van der Waals surface area contributed by atoms with Crippen LogP contribution in [0, 0.1) is 10.8 Å². The molecule has 0 aromatic rings. The lowest BCUT2D eigenvalue weighted by Gasteiger charge is -2.31. The van der Waals surface area contributed by atoms with Crippen LogP contribution in [-0.2, 0) is 0 Å². The maximum Gasteiger partial charge on any atom is -0.0331 e. The van der Waals surface area contributed by atoms with E-state index in [4.69, 9.17) is 0 Å². The van der Waals surface area contributed by atoms with Crippen molar-refractivity contribution in [3.05, 3.63) is 0 Å². The van der Waals surface area contributed by atoms with Gasteiger partial charge in [-0.05, 0) is 23.7 Å². The molecule has 0 aliphatic rings. The smallest absolute Gasteiger partial charge is 0.0331 e. The summed E-state index contributed by atoms with van der Waals surface area (Å²) in [4.78, 5) is 0. The molecule has 0 heteroatoms. The van der Waals surface area contributed by atoms with Crippen LogP contribution in [0.4, 0.5) is 0 Å². The van der Waals surface area contributed by atoms with Crippen molar-refractivity contribution in [3.63, 3.8) is 0 Å². The van der Waals surface area contributed by atoms with Crippen LogP contribution in [0.25, 0.3) is 0 Å². The molecule has 0 fully saturated rings. The fourth-order valence-corrected chi connectivity index (χ4v) is 2.15. The Morgan fingerprint density at radius 3 is 1.07 bits per heavy atom. The zero-order valence-electron chi connectivity index (χ0n) is 11.9. The molecule has 0 aliphatic heterocycles. The van der Waals surface area contributed by atoms with Gasteiger partial charge >= 0.3 is 0 Å². The summed E-state index contributed by atoms with van der Waals surface area (Å²) in [5, 5.41) is 0. The van der Waals surface area contributed by atoms with Crippen LogP contribution in [0.15, 0.2) is 0 Å². The number of hydrogen-bond donors (Lipinski definition) is 0. The zero-order valence-corrected chi connectivity index (χ0v) is 11.9. The first-order valence-electron chi connectivity index (χ1n) is 6.95. The van der Waals surface area contributed by atoms with E-state index in [1.165, 1.54) is 44.9 Å². The first-order chi connectivity index (χ1) is 6.95. The predicted molar refractivity (Wildman–Crippen MR) is 71.2 cm³/mol. The minimum atomic E-state index is 0.600. The molecule has 0 N–H and O–H groups in total. The molecule has 0 spiro atoms. The van der Waals surface area contributed by atoms with E-state index < -0.39 is 0 Å². The number of hydrogen-bond acceptors (Lipinski definition) is 0. The summed E-state index contributed by atoms with van der Waals surface area (Å²) in [5.74, 6) is 0. The zero-order chi connectivity index (χ0) is 11.9. The molecular formula is C15H32. The van der Waals surface area contributed by atoms with Crippen LogP contribution in [0.1, 0.15) is 86.5 Å². The molecule has 0 nitrogen and oxygen atoms in total. The van der Waals surface area contributed by atoms with Crippen LogP contribution >= 0.6 is 0 Å². The van der Waals surface area contributed by atoms with E-state index in [1.54, 1.807) is 0 Å². The van der Waals surface area contributed by atoms with Crippen LogP contribution in [0.2, 0.25) is 0 Å². The van der Waals surface area contributed by atoms with Crippen molar-refractivity contribution in [1.82, 2.24) is 0 Å². The Kier molecular flexibility index (Phi) is 6.55. The molecule has 0 radical (unpaired) electrons. The van der Waals surface area contributed by atoms with Crippen LogP contribution in [0.3, 0.4) is 0 Å². The highest BCUT2D eigenvalue weighted by Crippen LogP contribution is 2.36. The van der Waals surface area contributed by atoms with E-state index in [1.807, 2.05) is 0 Å². The summed E-state index contributed by atoms with van der Waals surface area (Å²) in [5.41, 5.74) is 1.20. The Morgan fingerprint density at radius 1 is 0.600 bits per heavy atom. The lowest BCUT2D eigenvalue weighted by molar-refractivity contribution is 0.214. The average molecular weight is 212 g/mol. The Hall–Kier alpha value is 0. The van der Waals surface area contributed by atoms with Gasteiger partial charge in [0.25, 0.3) is 0 Å². The van der Waals surface area contributed by atoms with E-state index >= 15 is 0 Å². The van der Waals surface area contributed by atoms with Crippen molar-refractivity contribution in [2.75, 3.05) is 0 Å². The molecule has 0 unspecified atom stereocenters. The summed E-state index contributed by atoms with van der Waals surface area (Å²) in [6, 6.07) is 0. The lowest BCUT2D eigenvalue weighted by Crippen LogP contribution is -2.17. The monoisotopic (exact) mass is 212 g/mol. The Bertz CT molecular complexity index is 131. The van der Waals surface area contributed by atoms with Crippen LogP contribution in [-0.4, -0.2) is 0 Å². The molecule has 0 rings (SSSR count). The van der Waals surface area contributed by atoms with Crippen molar-refractivity contribution in [2.45, 2.75) is 86.5 Å². The first kappa shape index (κ1) is 15.0. The summed E-state index contributed by atoms with van der Waals surface area (Å²) < 4.78 is 0. The maximum atomic E-state index is 2.45. The summed E-state index contributed by atoms with van der Waals surface area (Å²) in [6.45, 7) is 14.2. The Morgan fingerprint density at radius 2 is 0.867 bits per heavy atom. The topological polar surface area (TPSA) is 0 Å². The average Bonchev–Trinajstić information content (AvgIpc) is 2.28. The Labute approximate surface area is 97.8 Å². The van der Waals surface area contributed by atoms with E-state index in [2.05, 4.69) is 41.5 Å². The predicted octanol–water partition coefficient (Wildman–Crippen LogP) is 5.81. The number of rotatable bonds is 8. The fourth-order valence-electron chi connectivity index (χ4n) is 2.15. The van der Waals surface area contributed by atoms with Gasteiger partial charge in [0, 0.05) is 0 Å². The molecule has 0 aromatic carbocycles. The van der Waals surface area contributed by atoms with Gasteiger partial charge in [-0.3, -0.25) is 0 Å². The quantitative estimate of drug-likeness (QED) is 0.476. The first-order valence-corrected chi connectivity index (χ1v) is 6.95. The molecule has 0 bridgehead atoms. The molecule has 92 valence electrons. The van der Waals surface area contributed by atoms with Gasteiger partial charge in [0.05, 0.1) is 0 Å². The van der Waals surface area contributed by atoms with Crippen molar-refractivity contribution >= 4 is 0 Å². The van der Waals surface area contributed by atoms with E-state index in [0.29, 0.717) is 10.8 Å². The minimum Gasteiger partial charge on any atom is -0.0649 e. The van der Waals surface area contributed by atoms with Gasteiger partial charge in [-0.25, -0.2) is 0 Å². The van der Waals surface area contributed by atoms with E-state index in [0.717, 1.165) is 0 Å². The largest absolute Gasteiger partial charge is 0.0649 e. The molecule has 0 saturated carbocycles. The lowest BCUT2D eigenvalue weighted by atomic mass is 9.75. The van der Waals surface area contributed by atoms with Gasteiger partial charge in [0.15, 0.2) is 0 Å². The van der Waals surface area contributed by atoms with Gasteiger partial charge in [-0.2, -0.15) is 0 Å². The minimum absolute atomic E-state index is 0.600. The second-order valence-corrected chi connectivity index (χ2v) is 5.89. The maximum absolute atomic E-state index is 2.45. The molecule has 0 aromatic heterocycles. The van der Waals surface area contributed by atoms with Gasteiger partial charge in [0.2, 0.25) is 0 Å². The summed E-state index contributed by atoms with van der Waals surface area (Å²) in [7, 11) is 0.